The molecule has 0 aliphatic carbocycles. The number of nitrogens with zero attached hydrogens (tertiary/aromatic N) is 2. The van der Waals surface area contributed by atoms with E-state index >= 15 is 0 Å². The van der Waals surface area contributed by atoms with E-state index in [0.29, 0.717) is 0 Å². The summed E-state index contributed by atoms with van der Waals surface area (Å²) in [5, 5.41) is 6.61. The highest BCUT2D eigenvalue weighted by molar-refractivity contribution is 7.37. The van der Waals surface area contributed by atoms with Gasteiger partial charge in [0.2, 0.25) is 8.24 Å². The van der Waals surface area contributed by atoms with E-state index in [4.69, 9.17) is 9.65 Å². The van der Waals surface area contributed by atoms with E-state index < -0.39 is 40.5 Å². The van der Waals surface area contributed by atoms with E-state index in [1.165, 1.54) is 50.8 Å². The predicted octanol–water partition coefficient (Wildman–Crippen LogP) is 11.5. The lowest BCUT2D eigenvalue weighted by molar-refractivity contribution is 0.763. The smallest absolute Gasteiger partial charge is 0.236 e. The normalized spacial score (nSPS) is 19.7. The Labute approximate surface area is 277 Å². The van der Waals surface area contributed by atoms with Crippen LogP contribution in [0, 0.1) is 0 Å². The minimum Gasteiger partial charge on any atom is -0.297 e. The summed E-state index contributed by atoms with van der Waals surface area (Å²) in [6.07, 6.45) is 2.70. The van der Waals surface area contributed by atoms with Crippen LogP contribution in [0.25, 0.3) is 21.5 Å². The molecule has 0 unspecified atom stereocenters. The third kappa shape index (κ3) is 4.47. The zero-order valence-electron chi connectivity index (χ0n) is 29.9. The largest absolute Gasteiger partial charge is 0.297 e. The van der Waals surface area contributed by atoms with Crippen LogP contribution < -0.4 is 0 Å². The lowest BCUT2D eigenvalue weighted by atomic mass is 10.1. The molecule has 2 heterocycles. The maximum atomic E-state index is 6.50. The third-order valence-corrected chi connectivity index (χ3v) is 50.3. The van der Waals surface area contributed by atoms with E-state index in [1.807, 2.05) is 0 Å². The number of hydrogen-bond acceptors (Lipinski definition) is 2. The number of fused-ring (bicyclic) bond motifs is 2. The first kappa shape index (κ1) is 32.8. The fourth-order valence-electron chi connectivity index (χ4n) is 11.1. The van der Waals surface area contributed by atoms with Gasteiger partial charge in [0.25, 0.3) is 0 Å². The van der Waals surface area contributed by atoms with Gasteiger partial charge in [-0.15, -0.1) is 0 Å². The second-order valence-electron chi connectivity index (χ2n) is 18.0. The Balaban J connectivity index is 1.81. The predicted molar refractivity (Wildman–Crippen MR) is 215 cm³/mol. The Kier molecular flexibility index (Phi) is 7.58. The van der Waals surface area contributed by atoms with Crippen molar-refractivity contribution in [1.29, 1.82) is 0 Å². The van der Waals surface area contributed by atoms with Gasteiger partial charge in [-0.2, -0.15) is 0 Å². The van der Waals surface area contributed by atoms with Gasteiger partial charge < -0.3 is 0 Å². The van der Waals surface area contributed by atoms with Crippen molar-refractivity contribution in [2.75, 3.05) is 0 Å². The average Bonchev–Trinajstić information content (AvgIpc) is 3.50. The first-order valence-corrected chi connectivity index (χ1v) is 32.9. The molecule has 1 fully saturated rings. The molecular formula is C38H54N2Si5. The molecule has 7 heteroatoms. The minimum atomic E-state index is -2.76. The van der Waals surface area contributed by atoms with E-state index in [1.54, 1.807) is 0 Å². The van der Waals surface area contributed by atoms with Crippen molar-refractivity contribution in [2.45, 2.75) is 100.0 Å². The molecule has 0 amide bonds. The summed E-state index contributed by atoms with van der Waals surface area (Å²) >= 11 is 0. The number of benzene rings is 4. The van der Waals surface area contributed by atoms with Gasteiger partial charge in [-0.05, 0) is 47.8 Å². The van der Waals surface area contributed by atoms with E-state index in [-0.39, 0.29) is 8.57 Å². The lowest BCUT2D eigenvalue weighted by Gasteiger charge is -2.64. The molecule has 0 saturated carbocycles. The van der Waals surface area contributed by atoms with Crippen LogP contribution in [0.1, 0.15) is 24.0 Å². The van der Waals surface area contributed by atoms with Crippen molar-refractivity contribution in [1.82, 2.24) is 0 Å². The van der Waals surface area contributed by atoms with Crippen LogP contribution in [0.2, 0.25) is 87.1 Å². The van der Waals surface area contributed by atoms with Gasteiger partial charge in [-0.25, -0.2) is 4.99 Å². The SMILES string of the molecule is C[Si](C)(C)C1([Si](C)(C)C)CCC([Si](C)(C)C)([Si](C)(C)C)[Si]12N=C(c1ccc3ccccc3c1)N=C2c1ccc2ccccc2c1. The summed E-state index contributed by atoms with van der Waals surface area (Å²) in [4.78, 5) is 5.94. The van der Waals surface area contributed by atoms with Crippen molar-refractivity contribution in [2.24, 2.45) is 9.65 Å². The van der Waals surface area contributed by atoms with Gasteiger partial charge >= 0.3 is 0 Å². The minimum absolute atomic E-state index is 0.288. The Bertz CT molecular complexity index is 1790. The molecule has 45 heavy (non-hydrogen) atoms. The molecule has 1 spiro atoms. The van der Waals surface area contributed by atoms with E-state index in [2.05, 4.69) is 163 Å². The molecular weight excluding hydrogens is 625 g/mol. The maximum Gasteiger partial charge on any atom is 0.236 e. The van der Waals surface area contributed by atoms with Crippen molar-refractivity contribution in [3.8, 4) is 0 Å². The average molecular weight is 679 g/mol. The molecule has 6 rings (SSSR count). The molecule has 1 saturated heterocycles. The molecule has 2 aliphatic rings. The highest BCUT2D eigenvalue weighted by Crippen LogP contribution is 2.77. The monoisotopic (exact) mass is 678 g/mol. The van der Waals surface area contributed by atoms with Crippen LogP contribution in [-0.4, -0.2) is 51.7 Å². The summed E-state index contributed by atoms with van der Waals surface area (Å²) in [7, 11) is -10.0. The van der Waals surface area contributed by atoms with Crippen molar-refractivity contribution >= 4 is 73.2 Å². The molecule has 4 aromatic rings. The Morgan fingerprint density at radius 3 is 1.29 bits per heavy atom. The molecule has 0 N–H and O–H groups in total. The van der Waals surface area contributed by atoms with Gasteiger partial charge in [0.1, 0.15) is 5.84 Å². The summed E-state index contributed by atoms with van der Waals surface area (Å²) in [5.74, 6) is 1.03. The highest BCUT2D eigenvalue weighted by Gasteiger charge is 2.84. The van der Waals surface area contributed by atoms with Crippen LogP contribution in [-0.2, 0) is 0 Å². The molecule has 0 radical (unpaired) electrons. The first-order chi connectivity index (χ1) is 20.8. The lowest BCUT2D eigenvalue weighted by Crippen LogP contribution is -2.78. The van der Waals surface area contributed by atoms with E-state index in [9.17, 15) is 0 Å². The topological polar surface area (TPSA) is 24.7 Å². The molecule has 2 aliphatic heterocycles. The van der Waals surface area contributed by atoms with Gasteiger partial charge in [0.15, 0.2) is 0 Å². The van der Waals surface area contributed by atoms with Crippen LogP contribution in [0.3, 0.4) is 0 Å². The van der Waals surface area contributed by atoms with E-state index in [0.717, 1.165) is 5.84 Å². The van der Waals surface area contributed by atoms with Crippen molar-refractivity contribution in [3.63, 3.8) is 0 Å². The van der Waals surface area contributed by atoms with Crippen molar-refractivity contribution < 1.29 is 0 Å². The number of rotatable bonds is 6. The van der Waals surface area contributed by atoms with Gasteiger partial charge in [0, 0.05) is 37.9 Å². The fourth-order valence-corrected chi connectivity index (χ4v) is 60.5. The summed E-state index contributed by atoms with van der Waals surface area (Å²) in [5.41, 5.74) is 2.55. The van der Waals surface area contributed by atoms with Crippen LogP contribution >= 0.6 is 0 Å². The maximum absolute atomic E-state index is 6.50. The Morgan fingerprint density at radius 1 is 0.489 bits per heavy atom. The second-order valence-corrected chi connectivity index (χ2v) is 46.3. The van der Waals surface area contributed by atoms with Gasteiger partial charge in [0.05, 0.1) is 5.33 Å². The molecule has 2 nitrogen and oxygen atoms in total. The van der Waals surface area contributed by atoms with Gasteiger partial charge in [-0.3, -0.25) is 4.66 Å². The number of hydrogen-bond donors (Lipinski definition) is 0. The second kappa shape index (κ2) is 10.4. The molecule has 0 bridgehead atoms. The van der Waals surface area contributed by atoms with Crippen molar-refractivity contribution in [3.05, 3.63) is 96.1 Å². The number of aliphatic imine (C=N–C) groups is 1. The van der Waals surface area contributed by atoms with Gasteiger partial charge in [-0.1, -0.05) is 164 Å². The Hall–Kier alpha value is -2.18. The molecule has 0 aromatic heterocycles. The van der Waals surface area contributed by atoms with Crippen LogP contribution in [0.15, 0.2) is 94.6 Å². The zero-order valence-corrected chi connectivity index (χ0v) is 34.9. The zero-order chi connectivity index (χ0) is 32.8. The Morgan fingerprint density at radius 2 is 0.867 bits per heavy atom. The first-order valence-electron chi connectivity index (χ1n) is 17.0. The van der Waals surface area contributed by atoms with Crippen LogP contribution in [0.5, 0.6) is 0 Å². The third-order valence-electron chi connectivity index (χ3n) is 12.1. The number of amidine groups is 1. The highest BCUT2D eigenvalue weighted by atomic mass is 28.5. The summed E-state index contributed by atoms with van der Waals surface area (Å²) in [6, 6.07) is 31.9. The standard InChI is InChI=1S/C38H54N2Si5/c1-41(2,3)37(42(4,5)6)25-26-38(43(7,8)9,44(10,11)12)45(37)36(34-24-22-30-18-14-16-20-32(30)28-34)39-35(40-45)33-23-21-29-17-13-15-19-31(29)27-33/h13-24,27-28H,25-26H2,1-12H3. The quantitative estimate of drug-likeness (QED) is 0.181. The molecule has 0 atom stereocenters. The molecule has 4 aromatic carbocycles. The van der Waals surface area contributed by atoms with Crippen LogP contribution in [0.4, 0.5) is 0 Å². The summed E-state index contributed by atoms with van der Waals surface area (Å²) < 4.78 is 7.07. The molecule has 236 valence electrons. The summed E-state index contributed by atoms with van der Waals surface area (Å²) in [6.45, 7) is 32.6. The fraction of sp³-hybridized carbons (Fsp3) is 0.421.